The third-order valence-corrected chi connectivity index (χ3v) is 4.71. The third-order valence-electron chi connectivity index (χ3n) is 4.71. The van der Waals surface area contributed by atoms with Crippen molar-refractivity contribution in [3.05, 3.63) is 59.3 Å². The van der Waals surface area contributed by atoms with Crippen LogP contribution in [0.25, 0.3) is 0 Å². The molecule has 0 saturated carbocycles. The molecule has 0 radical (unpaired) electrons. The summed E-state index contributed by atoms with van der Waals surface area (Å²) in [4.78, 5) is 24.5. The Bertz CT molecular complexity index is 688. The van der Waals surface area contributed by atoms with Crippen LogP contribution in [0.1, 0.15) is 33.6 Å². The predicted octanol–water partition coefficient (Wildman–Crippen LogP) is 1.19. The second-order valence-electron chi connectivity index (χ2n) is 6.75. The van der Waals surface area contributed by atoms with E-state index in [-0.39, 0.29) is 11.8 Å². The zero-order valence-electron chi connectivity index (χ0n) is 14.9. The summed E-state index contributed by atoms with van der Waals surface area (Å²) in [5.41, 5.74) is 2.25. The van der Waals surface area contributed by atoms with Crippen molar-refractivity contribution in [1.29, 1.82) is 0 Å². The van der Waals surface area contributed by atoms with Crippen LogP contribution in [-0.2, 0) is 0 Å². The van der Waals surface area contributed by atoms with Gasteiger partial charge in [0.05, 0.1) is 0 Å². The zero-order valence-corrected chi connectivity index (χ0v) is 14.9. The standard InChI is InChI=1S/C20H26N4O2/c25-19(23-13-15-3-1-9-21-11-15)17-5-7-18(8-6-17)20(26)24-14-16-4-2-10-22-12-16/h1,3,5-9,16,21-22H,2,4,10-14H2,(H,23,25)(H,24,26). The molecule has 2 aliphatic rings. The van der Waals surface area contributed by atoms with Gasteiger partial charge in [0.15, 0.2) is 0 Å². The molecule has 6 heteroatoms. The Hall–Kier alpha value is -2.60. The summed E-state index contributed by atoms with van der Waals surface area (Å²) in [7, 11) is 0. The number of piperidine rings is 1. The van der Waals surface area contributed by atoms with Gasteiger partial charge in [-0.25, -0.2) is 0 Å². The molecule has 3 rings (SSSR count). The molecular weight excluding hydrogens is 328 g/mol. The molecule has 1 aromatic carbocycles. The molecule has 1 saturated heterocycles. The number of rotatable bonds is 6. The van der Waals surface area contributed by atoms with Crippen LogP contribution in [0.3, 0.4) is 0 Å². The SMILES string of the molecule is O=C(NCC1=CC=CNC1)c1ccc(C(=O)NCC2CCCNC2)cc1. The summed E-state index contributed by atoms with van der Waals surface area (Å²) < 4.78 is 0. The summed E-state index contributed by atoms with van der Waals surface area (Å²) in [5.74, 6) is 0.268. The number of hydrogen-bond acceptors (Lipinski definition) is 4. The molecule has 2 heterocycles. The minimum Gasteiger partial charge on any atom is -0.387 e. The van der Waals surface area contributed by atoms with Gasteiger partial charge in [-0.05, 0) is 74.0 Å². The van der Waals surface area contributed by atoms with E-state index in [2.05, 4.69) is 21.3 Å². The van der Waals surface area contributed by atoms with Crippen molar-refractivity contribution in [2.24, 2.45) is 5.92 Å². The van der Waals surface area contributed by atoms with Gasteiger partial charge in [0.1, 0.15) is 0 Å². The van der Waals surface area contributed by atoms with Gasteiger partial charge in [0.25, 0.3) is 11.8 Å². The van der Waals surface area contributed by atoms with Gasteiger partial charge in [0, 0.05) is 30.8 Å². The summed E-state index contributed by atoms with van der Waals surface area (Å²) in [5, 5.41) is 12.3. The second kappa shape index (κ2) is 9.20. The van der Waals surface area contributed by atoms with E-state index in [0.717, 1.165) is 38.0 Å². The molecule has 1 fully saturated rings. The summed E-state index contributed by atoms with van der Waals surface area (Å²) in [6.45, 7) is 3.96. The fourth-order valence-corrected chi connectivity index (χ4v) is 3.13. The smallest absolute Gasteiger partial charge is 0.251 e. The highest BCUT2D eigenvalue weighted by molar-refractivity contribution is 5.97. The number of carbonyl (C=O) groups is 2. The normalized spacial score (nSPS) is 19.2. The number of nitrogens with one attached hydrogen (secondary N) is 4. The lowest BCUT2D eigenvalue weighted by atomic mass is 9.99. The topological polar surface area (TPSA) is 82.3 Å². The van der Waals surface area contributed by atoms with E-state index in [1.165, 1.54) is 0 Å². The van der Waals surface area contributed by atoms with Crippen LogP contribution in [0, 0.1) is 5.92 Å². The molecular formula is C20H26N4O2. The molecule has 0 spiro atoms. The second-order valence-corrected chi connectivity index (χ2v) is 6.75. The quantitative estimate of drug-likeness (QED) is 0.619. The van der Waals surface area contributed by atoms with Gasteiger partial charge in [-0.2, -0.15) is 0 Å². The van der Waals surface area contributed by atoms with Gasteiger partial charge < -0.3 is 21.3 Å². The van der Waals surface area contributed by atoms with E-state index in [9.17, 15) is 9.59 Å². The average Bonchev–Trinajstić information content (AvgIpc) is 2.72. The average molecular weight is 354 g/mol. The highest BCUT2D eigenvalue weighted by Crippen LogP contribution is 2.09. The van der Waals surface area contributed by atoms with Crippen LogP contribution in [0.4, 0.5) is 0 Å². The van der Waals surface area contributed by atoms with Gasteiger partial charge in [0.2, 0.25) is 0 Å². The lowest BCUT2D eigenvalue weighted by Crippen LogP contribution is -2.38. The Morgan fingerprint density at radius 2 is 1.81 bits per heavy atom. The van der Waals surface area contributed by atoms with E-state index in [1.54, 1.807) is 24.3 Å². The lowest BCUT2D eigenvalue weighted by Gasteiger charge is -2.22. The number of benzene rings is 1. The molecule has 1 aromatic rings. The fraction of sp³-hybridized carbons (Fsp3) is 0.400. The molecule has 4 N–H and O–H groups in total. The molecule has 1 atom stereocenters. The first-order valence-electron chi connectivity index (χ1n) is 9.17. The van der Waals surface area contributed by atoms with Crippen molar-refractivity contribution in [2.75, 3.05) is 32.7 Å². The Labute approximate surface area is 154 Å². The predicted molar refractivity (Wildman–Crippen MR) is 102 cm³/mol. The molecule has 26 heavy (non-hydrogen) atoms. The Morgan fingerprint density at radius 3 is 2.42 bits per heavy atom. The van der Waals surface area contributed by atoms with Crippen LogP contribution in [0.2, 0.25) is 0 Å². The number of amides is 2. The van der Waals surface area contributed by atoms with Gasteiger partial charge >= 0.3 is 0 Å². The van der Waals surface area contributed by atoms with Gasteiger partial charge in [-0.15, -0.1) is 0 Å². The van der Waals surface area contributed by atoms with E-state index in [1.807, 2.05) is 18.4 Å². The van der Waals surface area contributed by atoms with Crippen molar-refractivity contribution in [3.63, 3.8) is 0 Å². The molecule has 6 nitrogen and oxygen atoms in total. The number of dihydropyridines is 1. The highest BCUT2D eigenvalue weighted by Gasteiger charge is 2.15. The zero-order chi connectivity index (χ0) is 18.2. The van der Waals surface area contributed by atoms with Crippen molar-refractivity contribution >= 4 is 11.8 Å². The van der Waals surface area contributed by atoms with E-state index in [0.29, 0.717) is 30.1 Å². The van der Waals surface area contributed by atoms with Crippen LogP contribution < -0.4 is 21.3 Å². The minimum atomic E-state index is -0.138. The van der Waals surface area contributed by atoms with E-state index >= 15 is 0 Å². The largest absolute Gasteiger partial charge is 0.387 e. The molecule has 0 aromatic heterocycles. The maximum Gasteiger partial charge on any atom is 0.251 e. The monoisotopic (exact) mass is 354 g/mol. The lowest BCUT2D eigenvalue weighted by molar-refractivity contribution is 0.0937. The molecule has 1 unspecified atom stereocenters. The van der Waals surface area contributed by atoms with Gasteiger partial charge in [-0.3, -0.25) is 9.59 Å². The molecule has 138 valence electrons. The van der Waals surface area contributed by atoms with Crippen molar-refractivity contribution in [3.8, 4) is 0 Å². The number of hydrogen-bond donors (Lipinski definition) is 4. The summed E-state index contributed by atoms with van der Waals surface area (Å²) in [6, 6.07) is 6.79. The van der Waals surface area contributed by atoms with Crippen LogP contribution in [0.5, 0.6) is 0 Å². The van der Waals surface area contributed by atoms with Gasteiger partial charge in [-0.1, -0.05) is 6.08 Å². The first kappa shape index (κ1) is 18.2. The highest BCUT2D eigenvalue weighted by atomic mass is 16.2. The van der Waals surface area contributed by atoms with Crippen LogP contribution in [0.15, 0.2) is 48.2 Å². The molecule has 0 bridgehead atoms. The van der Waals surface area contributed by atoms with E-state index in [4.69, 9.17) is 0 Å². The fourth-order valence-electron chi connectivity index (χ4n) is 3.13. The first-order chi connectivity index (χ1) is 12.7. The van der Waals surface area contributed by atoms with Crippen LogP contribution in [-0.4, -0.2) is 44.5 Å². The van der Waals surface area contributed by atoms with Crippen molar-refractivity contribution in [2.45, 2.75) is 12.8 Å². The molecule has 0 aliphatic carbocycles. The maximum absolute atomic E-state index is 12.2. The van der Waals surface area contributed by atoms with Crippen LogP contribution >= 0.6 is 0 Å². The number of allylic oxidation sites excluding steroid dienone is 2. The van der Waals surface area contributed by atoms with Crippen molar-refractivity contribution in [1.82, 2.24) is 21.3 Å². The van der Waals surface area contributed by atoms with E-state index < -0.39 is 0 Å². The number of carbonyl (C=O) groups excluding carboxylic acids is 2. The summed E-state index contributed by atoms with van der Waals surface area (Å²) >= 11 is 0. The van der Waals surface area contributed by atoms with Crippen molar-refractivity contribution < 1.29 is 9.59 Å². The summed E-state index contributed by atoms with van der Waals surface area (Å²) in [6.07, 6.45) is 8.09. The minimum absolute atomic E-state index is 0.0900. The maximum atomic E-state index is 12.2. The third kappa shape index (κ3) is 5.20. The Morgan fingerprint density at radius 1 is 1.08 bits per heavy atom. The first-order valence-corrected chi connectivity index (χ1v) is 9.17. The molecule has 2 amide bonds. The Kier molecular flexibility index (Phi) is 6.44. The molecule has 2 aliphatic heterocycles. The Balaban J connectivity index is 1.47.